The van der Waals surface area contributed by atoms with Gasteiger partial charge in [0.05, 0.1) is 17.3 Å². The monoisotopic (exact) mass is 364 g/mol. The Labute approximate surface area is 155 Å². The summed E-state index contributed by atoms with van der Waals surface area (Å²) in [6.07, 6.45) is 5.59. The number of hydrogen-bond acceptors (Lipinski definition) is 4. The molecule has 1 aliphatic carbocycles. The van der Waals surface area contributed by atoms with Crippen molar-refractivity contribution in [2.24, 2.45) is 14.1 Å². The third kappa shape index (κ3) is 2.85. The molecule has 2 aromatic heterocycles. The Kier molecular flexibility index (Phi) is 4.14. The Morgan fingerprint density at radius 2 is 1.89 bits per heavy atom. The number of pyridine rings is 1. The van der Waals surface area contributed by atoms with E-state index >= 15 is 0 Å². The van der Waals surface area contributed by atoms with Crippen LogP contribution in [-0.2, 0) is 26.9 Å². The summed E-state index contributed by atoms with van der Waals surface area (Å²) in [6.45, 7) is 0. The van der Waals surface area contributed by atoms with Gasteiger partial charge in [0.15, 0.2) is 0 Å². The van der Waals surface area contributed by atoms with Crippen molar-refractivity contribution in [2.75, 3.05) is 5.32 Å². The molecule has 138 valence electrons. The Bertz CT molecular complexity index is 1190. The van der Waals surface area contributed by atoms with Crippen LogP contribution >= 0.6 is 0 Å². The maximum atomic E-state index is 12.8. The first kappa shape index (κ1) is 17.2. The molecular formula is C20H20N4O3. The van der Waals surface area contributed by atoms with Crippen molar-refractivity contribution in [1.82, 2.24) is 14.1 Å². The van der Waals surface area contributed by atoms with Crippen LogP contribution in [0.5, 0.6) is 0 Å². The molecule has 0 spiro atoms. The quantitative estimate of drug-likeness (QED) is 0.751. The average Bonchev–Trinajstić information content (AvgIpc) is 2.70. The maximum Gasteiger partial charge on any atom is 0.332 e. The van der Waals surface area contributed by atoms with Gasteiger partial charge in [0, 0.05) is 19.7 Å². The van der Waals surface area contributed by atoms with Gasteiger partial charge in [-0.05, 0) is 48.9 Å². The molecule has 0 atom stereocenters. The van der Waals surface area contributed by atoms with E-state index in [1.54, 1.807) is 13.1 Å². The minimum Gasteiger partial charge on any atom is -0.321 e. The first-order valence-electron chi connectivity index (χ1n) is 8.95. The highest BCUT2D eigenvalue weighted by Crippen LogP contribution is 2.25. The van der Waals surface area contributed by atoms with E-state index in [4.69, 9.17) is 0 Å². The van der Waals surface area contributed by atoms with E-state index in [9.17, 15) is 14.4 Å². The van der Waals surface area contributed by atoms with E-state index in [2.05, 4.69) is 16.4 Å². The lowest BCUT2D eigenvalue weighted by Gasteiger charge is -2.19. The topological polar surface area (TPSA) is 86.0 Å². The zero-order valence-corrected chi connectivity index (χ0v) is 15.3. The fourth-order valence-corrected chi connectivity index (χ4v) is 3.73. The highest BCUT2D eigenvalue weighted by Gasteiger charge is 2.18. The number of amides is 1. The smallest absolute Gasteiger partial charge is 0.321 e. The summed E-state index contributed by atoms with van der Waals surface area (Å²) >= 11 is 0. The number of aryl methyl sites for hydroxylation is 2. The predicted molar refractivity (Wildman–Crippen MR) is 103 cm³/mol. The van der Waals surface area contributed by atoms with Gasteiger partial charge < -0.3 is 5.32 Å². The van der Waals surface area contributed by atoms with Crippen molar-refractivity contribution < 1.29 is 4.79 Å². The zero-order chi connectivity index (χ0) is 19.1. The lowest BCUT2D eigenvalue weighted by atomic mass is 9.88. The van der Waals surface area contributed by atoms with E-state index in [-0.39, 0.29) is 16.9 Å². The molecule has 7 nitrogen and oxygen atoms in total. The predicted octanol–water partition coefficient (Wildman–Crippen LogP) is 1.76. The van der Waals surface area contributed by atoms with Crippen LogP contribution in [0.1, 0.15) is 34.3 Å². The molecule has 3 aromatic rings. The second-order valence-electron chi connectivity index (χ2n) is 6.91. The molecule has 0 unspecified atom stereocenters. The lowest BCUT2D eigenvalue weighted by Crippen LogP contribution is -2.37. The third-order valence-electron chi connectivity index (χ3n) is 5.19. The van der Waals surface area contributed by atoms with E-state index in [0.717, 1.165) is 35.8 Å². The van der Waals surface area contributed by atoms with Crippen molar-refractivity contribution >= 4 is 22.6 Å². The largest absolute Gasteiger partial charge is 0.332 e. The van der Waals surface area contributed by atoms with E-state index in [0.29, 0.717) is 11.3 Å². The van der Waals surface area contributed by atoms with Gasteiger partial charge in [-0.3, -0.25) is 18.7 Å². The fourth-order valence-electron chi connectivity index (χ4n) is 3.73. The first-order chi connectivity index (χ1) is 13.0. The van der Waals surface area contributed by atoms with Crippen molar-refractivity contribution in [3.05, 3.63) is 68.0 Å². The van der Waals surface area contributed by atoms with Crippen LogP contribution in [0.25, 0.3) is 11.0 Å². The molecule has 1 aromatic carbocycles. The van der Waals surface area contributed by atoms with Crippen LogP contribution in [0.2, 0.25) is 0 Å². The molecule has 1 amide bonds. The number of carbonyl (C=O) groups is 1. The van der Waals surface area contributed by atoms with Crippen LogP contribution < -0.4 is 16.6 Å². The molecule has 1 aliphatic rings. The summed E-state index contributed by atoms with van der Waals surface area (Å²) in [6, 6.07) is 7.38. The zero-order valence-electron chi connectivity index (χ0n) is 15.3. The Morgan fingerprint density at radius 3 is 2.70 bits per heavy atom. The number of carbonyl (C=O) groups excluding carboxylic acids is 1. The molecule has 0 bridgehead atoms. The van der Waals surface area contributed by atoms with Gasteiger partial charge in [-0.1, -0.05) is 12.1 Å². The number of rotatable bonds is 2. The van der Waals surface area contributed by atoms with E-state index < -0.39 is 11.2 Å². The summed E-state index contributed by atoms with van der Waals surface area (Å²) in [4.78, 5) is 41.4. The van der Waals surface area contributed by atoms with E-state index in [1.807, 2.05) is 12.1 Å². The van der Waals surface area contributed by atoms with E-state index in [1.165, 1.54) is 23.4 Å². The molecule has 0 aliphatic heterocycles. The van der Waals surface area contributed by atoms with Gasteiger partial charge in [-0.25, -0.2) is 9.78 Å². The summed E-state index contributed by atoms with van der Waals surface area (Å²) in [7, 11) is 2.98. The third-order valence-corrected chi connectivity index (χ3v) is 5.19. The second kappa shape index (κ2) is 6.50. The van der Waals surface area contributed by atoms with Crippen molar-refractivity contribution in [2.45, 2.75) is 25.7 Å². The maximum absolute atomic E-state index is 12.8. The summed E-state index contributed by atoms with van der Waals surface area (Å²) < 4.78 is 2.35. The van der Waals surface area contributed by atoms with Crippen LogP contribution in [0.3, 0.4) is 0 Å². The lowest BCUT2D eigenvalue weighted by molar-refractivity contribution is 0.102. The van der Waals surface area contributed by atoms with Gasteiger partial charge in [-0.2, -0.15) is 0 Å². The van der Waals surface area contributed by atoms with Crippen LogP contribution in [0, 0.1) is 0 Å². The standard InChI is InChI=1S/C20H20N4O3/c1-23-17-16(19(26)24(2)20(23)27)10-13(11-21-17)22-18(25)15-9-5-7-12-6-3-4-8-14(12)15/h5,7,9-11H,3-4,6,8H2,1-2H3,(H,22,25). The minimum atomic E-state index is -0.437. The Balaban J connectivity index is 1.73. The van der Waals surface area contributed by atoms with Crippen molar-refractivity contribution in [1.29, 1.82) is 0 Å². The molecule has 0 fully saturated rings. The average molecular weight is 364 g/mol. The SMILES string of the molecule is Cn1c(=O)c2cc(NC(=O)c3cccc4c3CCCC4)cnc2n(C)c1=O. The molecule has 27 heavy (non-hydrogen) atoms. The van der Waals surface area contributed by atoms with Gasteiger partial charge in [0.1, 0.15) is 5.65 Å². The highest BCUT2D eigenvalue weighted by molar-refractivity contribution is 6.06. The number of anilines is 1. The molecule has 1 N–H and O–H groups in total. The fraction of sp³-hybridized carbons (Fsp3) is 0.300. The molecule has 7 heteroatoms. The number of aromatic nitrogens is 3. The van der Waals surface area contributed by atoms with Gasteiger partial charge in [0.2, 0.25) is 0 Å². The van der Waals surface area contributed by atoms with Crippen LogP contribution in [0.15, 0.2) is 40.1 Å². The number of benzene rings is 1. The normalized spacial score (nSPS) is 13.4. The minimum absolute atomic E-state index is 0.212. The molecule has 0 saturated carbocycles. The molecular weight excluding hydrogens is 344 g/mol. The Morgan fingerprint density at radius 1 is 1.11 bits per heavy atom. The summed E-state index contributed by atoms with van der Waals surface area (Å²) in [5.74, 6) is -0.212. The van der Waals surface area contributed by atoms with Gasteiger partial charge in [0.25, 0.3) is 11.5 Å². The first-order valence-corrected chi connectivity index (χ1v) is 8.95. The van der Waals surface area contributed by atoms with Crippen molar-refractivity contribution in [3.63, 3.8) is 0 Å². The van der Waals surface area contributed by atoms with Gasteiger partial charge in [-0.15, -0.1) is 0 Å². The number of fused-ring (bicyclic) bond motifs is 2. The molecule has 0 radical (unpaired) electrons. The number of nitrogens with zero attached hydrogens (tertiary/aromatic N) is 3. The number of hydrogen-bond donors (Lipinski definition) is 1. The highest BCUT2D eigenvalue weighted by atomic mass is 16.2. The summed E-state index contributed by atoms with van der Waals surface area (Å²) in [5, 5.41) is 3.13. The second-order valence-corrected chi connectivity index (χ2v) is 6.91. The van der Waals surface area contributed by atoms with Gasteiger partial charge >= 0.3 is 5.69 Å². The number of nitrogens with one attached hydrogen (secondary N) is 1. The molecule has 4 rings (SSSR count). The van der Waals surface area contributed by atoms with Crippen LogP contribution in [0.4, 0.5) is 5.69 Å². The summed E-state index contributed by atoms with van der Waals surface area (Å²) in [5.41, 5.74) is 2.85. The van der Waals surface area contributed by atoms with Crippen LogP contribution in [-0.4, -0.2) is 20.0 Å². The van der Waals surface area contributed by atoms with Crippen molar-refractivity contribution in [3.8, 4) is 0 Å². The molecule has 0 saturated heterocycles. The Hall–Kier alpha value is -3.22. The molecule has 2 heterocycles.